The lowest BCUT2D eigenvalue weighted by Crippen LogP contribution is -2.44. The fourth-order valence-corrected chi connectivity index (χ4v) is 3.35. The molecule has 4 heteroatoms. The lowest BCUT2D eigenvalue weighted by molar-refractivity contribution is 0.102. The van der Waals surface area contributed by atoms with E-state index >= 15 is 0 Å². The number of nitrogens with zero attached hydrogens (tertiary/aromatic N) is 2. The zero-order valence-corrected chi connectivity index (χ0v) is 15.8. The minimum absolute atomic E-state index is 0.217. The average molecular weight is 335 g/mol. The molecule has 23 heavy (non-hydrogen) atoms. The van der Waals surface area contributed by atoms with E-state index in [4.69, 9.17) is 0 Å². The Morgan fingerprint density at radius 1 is 1.26 bits per heavy atom. The molecule has 0 N–H and O–H groups in total. The molecule has 0 spiro atoms. The van der Waals surface area contributed by atoms with Gasteiger partial charge < -0.3 is 9.80 Å². The van der Waals surface area contributed by atoms with Gasteiger partial charge >= 0.3 is 0 Å². The second-order valence-corrected chi connectivity index (χ2v) is 8.64. The zero-order chi connectivity index (χ0) is 16.9. The van der Waals surface area contributed by atoms with Gasteiger partial charge in [-0.2, -0.15) is 0 Å². The van der Waals surface area contributed by atoms with Crippen LogP contribution >= 0.6 is 11.3 Å². The summed E-state index contributed by atoms with van der Waals surface area (Å²) in [7, 11) is 2.17. The summed E-state index contributed by atoms with van der Waals surface area (Å²) in [5.41, 5.74) is 1.20. The normalized spacial score (nSPS) is 18.3. The topological polar surface area (TPSA) is 23.6 Å². The van der Waals surface area contributed by atoms with Crippen LogP contribution in [0.4, 0.5) is 0 Å². The summed E-state index contributed by atoms with van der Waals surface area (Å²) in [4.78, 5) is 18.5. The molecule has 2 heterocycles. The first-order chi connectivity index (χ1) is 10.8. The standard InChI is InChI=1S/C19H30N2OS/c1-19(2,3)9-7-16(18(22)17-6-5-15-23-17)8-10-21-13-11-20(4)12-14-21/h5-7,15H,8-14H2,1-4H3/b16-7+. The molecule has 0 unspecified atom stereocenters. The van der Waals surface area contributed by atoms with Crippen LogP contribution in [0.2, 0.25) is 0 Å². The summed E-state index contributed by atoms with van der Waals surface area (Å²) in [6.45, 7) is 12.1. The third-order valence-corrected chi connectivity index (χ3v) is 5.16. The summed E-state index contributed by atoms with van der Waals surface area (Å²) in [5, 5.41) is 1.98. The number of hydrogen-bond acceptors (Lipinski definition) is 4. The molecule has 0 amide bonds. The van der Waals surface area contributed by atoms with Gasteiger partial charge in [-0.25, -0.2) is 0 Å². The first-order valence-corrected chi connectivity index (χ1v) is 9.41. The maximum absolute atomic E-state index is 12.8. The van der Waals surface area contributed by atoms with Crippen LogP contribution in [0.3, 0.4) is 0 Å². The Bertz CT molecular complexity index is 520. The Labute approximate surface area is 145 Å². The molecule has 0 saturated carbocycles. The Hall–Kier alpha value is -0.970. The van der Waals surface area contributed by atoms with Crippen LogP contribution < -0.4 is 0 Å². The lowest BCUT2D eigenvalue weighted by atomic mass is 9.90. The molecule has 1 fully saturated rings. The van der Waals surface area contributed by atoms with Crippen molar-refractivity contribution in [3.8, 4) is 0 Å². The molecule has 1 aromatic rings. The minimum Gasteiger partial charge on any atom is -0.304 e. The Kier molecular flexibility index (Phi) is 6.57. The molecular weight excluding hydrogens is 304 g/mol. The Morgan fingerprint density at radius 2 is 1.96 bits per heavy atom. The summed E-state index contributed by atoms with van der Waals surface area (Å²) in [5.74, 6) is 0.221. The molecule has 0 bridgehead atoms. The number of rotatable bonds is 6. The molecular formula is C19H30N2OS. The fraction of sp³-hybridized carbons (Fsp3) is 0.632. The second kappa shape index (κ2) is 8.22. The van der Waals surface area contributed by atoms with E-state index in [2.05, 4.69) is 43.7 Å². The van der Waals surface area contributed by atoms with E-state index in [1.165, 1.54) is 0 Å². The van der Waals surface area contributed by atoms with Crippen molar-refractivity contribution in [3.63, 3.8) is 0 Å². The van der Waals surface area contributed by atoms with Crippen molar-refractivity contribution >= 4 is 17.1 Å². The van der Waals surface area contributed by atoms with Gasteiger partial charge in [-0.1, -0.05) is 32.9 Å². The SMILES string of the molecule is CN1CCN(CC/C(=C\CC(C)(C)C)C(=O)c2cccs2)CC1. The van der Waals surface area contributed by atoms with Crippen molar-refractivity contribution in [2.24, 2.45) is 5.41 Å². The van der Waals surface area contributed by atoms with Gasteiger partial charge in [0.1, 0.15) is 0 Å². The van der Waals surface area contributed by atoms with Crippen LogP contribution in [0.25, 0.3) is 0 Å². The van der Waals surface area contributed by atoms with E-state index in [-0.39, 0.29) is 11.2 Å². The molecule has 3 nitrogen and oxygen atoms in total. The lowest BCUT2D eigenvalue weighted by Gasteiger charge is -2.32. The molecule has 0 atom stereocenters. The monoisotopic (exact) mass is 334 g/mol. The van der Waals surface area contributed by atoms with Crippen LogP contribution in [-0.2, 0) is 0 Å². The van der Waals surface area contributed by atoms with Crippen molar-refractivity contribution in [1.82, 2.24) is 9.80 Å². The Morgan fingerprint density at radius 3 is 2.52 bits per heavy atom. The second-order valence-electron chi connectivity index (χ2n) is 7.70. The van der Waals surface area contributed by atoms with Crippen LogP contribution in [0.5, 0.6) is 0 Å². The van der Waals surface area contributed by atoms with E-state index < -0.39 is 0 Å². The summed E-state index contributed by atoms with van der Waals surface area (Å²) >= 11 is 1.54. The summed E-state index contributed by atoms with van der Waals surface area (Å²) in [6, 6.07) is 3.90. The van der Waals surface area contributed by atoms with Crippen LogP contribution in [-0.4, -0.2) is 55.4 Å². The third-order valence-electron chi connectivity index (χ3n) is 4.29. The molecule has 0 aliphatic carbocycles. The molecule has 1 aliphatic rings. The molecule has 1 aromatic heterocycles. The van der Waals surface area contributed by atoms with Crippen molar-refractivity contribution in [1.29, 1.82) is 0 Å². The molecule has 0 aromatic carbocycles. The van der Waals surface area contributed by atoms with E-state index in [1.807, 2.05) is 17.5 Å². The molecule has 1 saturated heterocycles. The van der Waals surface area contributed by atoms with Gasteiger partial charge in [0.05, 0.1) is 4.88 Å². The van der Waals surface area contributed by atoms with Crippen molar-refractivity contribution in [2.75, 3.05) is 39.8 Å². The van der Waals surface area contributed by atoms with Crippen LogP contribution in [0.1, 0.15) is 43.3 Å². The number of Topliss-reactive ketones (excluding diaryl/α,β-unsaturated/α-hetero) is 1. The average Bonchev–Trinajstić information content (AvgIpc) is 3.01. The molecule has 2 rings (SSSR count). The van der Waals surface area contributed by atoms with E-state index in [1.54, 1.807) is 11.3 Å². The number of piperazine rings is 1. The van der Waals surface area contributed by atoms with Gasteiger partial charge in [0.25, 0.3) is 0 Å². The fourth-order valence-electron chi connectivity index (χ4n) is 2.65. The summed E-state index contributed by atoms with van der Waals surface area (Å²) < 4.78 is 0. The van der Waals surface area contributed by atoms with E-state index in [0.29, 0.717) is 0 Å². The number of thiophene rings is 1. The van der Waals surface area contributed by atoms with Gasteiger partial charge in [0.15, 0.2) is 5.78 Å². The van der Waals surface area contributed by atoms with E-state index in [9.17, 15) is 4.79 Å². The van der Waals surface area contributed by atoms with Gasteiger partial charge in [-0.3, -0.25) is 4.79 Å². The third kappa shape index (κ3) is 6.21. The van der Waals surface area contributed by atoms with Gasteiger partial charge in [-0.15, -0.1) is 11.3 Å². The predicted molar refractivity (Wildman–Crippen MR) is 99.4 cm³/mol. The number of hydrogen-bond donors (Lipinski definition) is 0. The minimum atomic E-state index is 0.217. The number of ketones is 1. The van der Waals surface area contributed by atoms with E-state index in [0.717, 1.165) is 56.0 Å². The maximum atomic E-state index is 12.8. The Balaban J connectivity index is 2.00. The molecule has 0 radical (unpaired) electrons. The highest BCUT2D eigenvalue weighted by Gasteiger charge is 2.18. The summed E-state index contributed by atoms with van der Waals surface area (Å²) in [6.07, 6.45) is 3.98. The number of allylic oxidation sites excluding steroid dienone is 1. The van der Waals surface area contributed by atoms with Gasteiger partial charge in [0.2, 0.25) is 0 Å². The molecule has 128 valence electrons. The van der Waals surface area contributed by atoms with Crippen molar-refractivity contribution in [3.05, 3.63) is 34.0 Å². The largest absolute Gasteiger partial charge is 0.304 e. The van der Waals surface area contributed by atoms with Crippen molar-refractivity contribution in [2.45, 2.75) is 33.6 Å². The van der Waals surface area contributed by atoms with Gasteiger partial charge in [-0.05, 0) is 42.3 Å². The van der Waals surface area contributed by atoms with Crippen molar-refractivity contribution < 1.29 is 4.79 Å². The first-order valence-electron chi connectivity index (χ1n) is 8.53. The van der Waals surface area contributed by atoms with Crippen LogP contribution in [0, 0.1) is 5.41 Å². The first kappa shape index (κ1) is 18.4. The maximum Gasteiger partial charge on any atom is 0.198 e. The predicted octanol–water partition coefficient (Wildman–Crippen LogP) is 3.93. The quantitative estimate of drug-likeness (QED) is 0.582. The van der Waals surface area contributed by atoms with Gasteiger partial charge in [0, 0.05) is 32.7 Å². The molecule has 1 aliphatic heterocycles. The highest BCUT2D eigenvalue weighted by atomic mass is 32.1. The zero-order valence-electron chi connectivity index (χ0n) is 15.0. The highest BCUT2D eigenvalue weighted by molar-refractivity contribution is 7.12. The smallest absolute Gasteiger partial charge is 0.198 e. The highest BCUT2D eigenvalue weighted by Crippen LogP contribution is 2.23. The van der Waals surface area contributed by atoms with Crippen LogP contribution in [0.15, 0.2) is 29.2 Å². The number of likely N-dealkylation sites (N-methyl/N-ethyl adjacent to an activating group) is 1. The number of carbonyl (C=O) groups excluding carboxylic acids is 1. The number of carbonyl (C=O) groups is 1.